The second-order valence-electron chi connectivity index (χ2n) is 5.39. The van der Waals surface area contributed by atoms with E-state index in [1.807, 2.05) is 18.2 Å². The molecule has 6 heteroatoms. The van der Waals surface area contributed by atoms with E-state index in [-0.39, 0.29) is 12.0 Å². The van der Waals surface area contributed by atoms with Crippen LogP contribution in [-0.2, 0) is 16.5 Å². The minimum Gasteiger partial charge on any atom is -0.312 e. The maximum atomic E-state index is 11.1. The third-order valence-electron chi connectivity index (χ3n) is 2.76. The summed E-state index contributed by atoms with van der Waals surface area (Å²) in [4.78, 5) is 18.0. The Hall–Kier alpha value is -0.380. The van der Waals surface area contributed by atoms with Gasteiger partial charge in [-0.2, -0.15) is 0 Å². The summed E-state index contributed by atoms with van der Waals surface area (Å²) in [6, 6.07) is 5.61. The van der Waals surface area contributed by atoms with E-state index in [0.29, 0.717) is 10.6 Å². The second kappa shape index (κ2) is 5.32. The topological polar surface area (TPSA) is 60.8 Å². The first-order valence-corrected chi connectivity index (χ1v) is 7.52. The lowest BCUT2D eigenvalue weighted by Gasteiger charge is -2.22. The fourth-order valence-corrected chi connectivity index (χ4v) is 2.06. The van der Waals surface area contributed by atoms with Gasteiger partial charge in [0.05, 0.1) is 0 Å². The van der Waals surface area contributed by atoms with Crippen LogP contribution in [0.3, 0.4) is 0 Å². The van der Waals surface area contributed by atoms with Gasteiger partial charge in [-0.15, -0.1) is 0 Å². The van der Waals surface area contributed by atoms with Gasteiger partial charge >= 0.3 is 7.75 Å². The highest BCUT2D eigenvalue weighted by atomic mass is 35.5. The normalized spacial score (nSPS) is 13.1. The third-order valence-corrected chi connectivity index (χ3v) is 4.15. The van der Waals surface area contributed by atoms with Gasteiger partial charge in [-0.3, -0.25) is 0 Å². The minimum atomic E-state index is -4.21. The zero-order chi connectivity index (χ0) is 14.1. The van der Waals surface area contributed by atoms with Gasteiger partial charge in [0, 0.05) is 11.6 Å². The smallest absolute Gasteiger partial charge is 0.312 e. The second-order valence-corrected chi connectivity index (χ2v) is 7.50. The van der Waals surface area contributed by atoms with Crippen molar-refractivity contribution < 1.29 is 14.4 Å². The van der Waals surface area contributed by atoms with Crippen LogP contribution in [0.2, 0.25) is 5.02 Å². The van der Waals surface area contributed by atoms with Gasteiger partial charge in [0.2, 0.25) is 0 Å². The molecule has 0 aliphatic rings. The van der Waals surface area contributed by atoms with Crippen molar-refractivity contribution in [1.29, 1.82) is 0 Å². The van der Waals surface area contributed by atoms with Crippen molar-refractivity contribution in [1.82, 2.24) is 4.67 Å². The van der Waals surface area contributed by atoms with Crippen LogP contribution in [-0.4, -0.2) is 21.5 Å². The zero-order valence-corrected chi connectivity index (χ0v) is 12.7. The monoisotopic (exact) mass is 291 g/mol. The Balaban J connectivity index is 2.97. The Morgan fingerprint density at radius 3 is 2.28 bits per heavy atom. The molecule has 0 radical (unpaired) electrons. The number of halogens is 1. The summed E-state index contributed by atoms with van der Waals surface area (Å²) < 4.78 is 12.0. The molecule has 0 heterocycles. The van der Waals surface area contributed by atoms with Crippen LogP contribution in [0, 0.1) is 0 Å². The molecule has 0 unspecified atom stereocenters. The molecule has 1 aromatic rings. The van der Waals surface area contributed by atoms with Gasteiger partial charge in [0.1, 0.15) is 0 Å². The number of benzene rings is 1. The van der Waals surface area contributed by atoms with Crippen LogP contribution in [0.5, 0.6) is 0 Å². The van der Waals surface area contributed by atoms with Gasteiger partial charge in [0.15, 0.2) is 0 Å². The number of rotatable bonds is 3. The minimum absolute atomic E-state index is 0.00266. The van der Waals surface area contributed by atoms with Crippen molar-refractivity contribution in [2.24, 2.45) is 0 Å². The lowest BCUT2D eigenvalue weighted by molar-refractivity contribution is 0.288. The van der Waals surface area contributed by atoms with E-state index in [9.17, 15) is 4.57 Å². The molecule has 4 nitrogen and oxygen atoms in total. The molecule has 0 aliphatic heterocycles. The maximum absolute atomic E-state index is 11.1. The van der Waals surface area contributed by atoms with Crippen LogP contribution in [0.25, 0.3) is 0 Å². The van der Waals surface area contributed by atoms with Gasteiger partial charge in [-0.05, 0) is 29.7 Å². The molecule has 0 amide bonds. The average Bonchev–Trinajstić information content (AvgIpc) is 2.17. The lowest BCUT2D eigenvalue weighted by Crippen LogP contribution is -2.15. The van der Waals surface area contributed by atoms with E-state index in [4.69, 9.17) is 21.4 Å². The molecule has 1 rings (SSSR count). The van der Waals surface area contributed by atoms with E-state index >= 15 is 0 Å². The molecule has 0 atom stereocenters. The Labute approximate surface area is 113 Å². The Kier molecular flexibility index (Phi) is 4.63. The predicted molar refractivity (Wildman–Crippen MR) is 73.7 cm³/mol. The lowest BCUT2D eigenvalue weighted by atomic mass is 9.86. The maximum Gasteiger partial charge on any atom is 0.403 e. The van der Waals surface area contributed by atoms with Crippen molar-refractivity contribution in [3.05, 3.63) is 34.3 Å². The highest BCUT2D eigenvalue weighted by Crippen LogP contribution is 2.40. The molecular weight excluding hydrogens is 273 g/mol. The quantitative estimate of drug-likeness (QED) is 0.840. The molecular formula is C12H19ClNO3P. The predicted octanol–water partition coefficient (Wildman–Crippen LogP) is 3.16. The van der Waals surface area contributed by atoms with E-state index in [1.54, 1.807) is 0 Å². The van der Waals surface area contributed by atoms with Crippen LogP contribution >= 0.6 is 19.3 Å². The van der Waals surface area contributed by atoms with Crippen LogP contribution < -0.4 is 0 Å². The fraction of sp³-hybridized carbons (Fsp3) is 0.500. The van der Waals surface area contributed by atoms with Gasteiger partial charge in [-0.1, -0.05) is 44.5 Å². The van der Waals surface area contributed by atoms with Crippen LogP contribution in [0.1, 0.15) is 31.9 Å². The van der Waals surface area contributed by atoms with Crippen LogP contribution in [0.15, 0.2) is 18.2 Å². The van der Waals surface area contributed by atoms with Crippen molar-refractivity contribution in [3.8, 4) is 0 Å². The Morgan fingerprint density at radius 1 is 1.33 bits per heavy atom. The highest BCUT2D eigenvalue weighted by molar-refractivity contribution is 7.49. The first kappa shape index (κ1) is 15.7. The van der Waals surface area contributed by atoms with Gasteiger partial charge in [-0.25, -0.2) is 9.24 Å². The number of hydrogen-bond acceptors (Lipinski definition) is 1. The van der Waals surface area contributed by atoms with E-state index in [2.05, 4.69) is 20.8 Å². The largest absolute Gasteiger partial charge is 0.403 e. The molecule has 2 N–H and O–H groups in total. The summed E-state index contributed by atoms with van der Waals surface area (Å²) in [5.74, 6) is 0. The number of hydrogen-bond donors (Lipinski definition) is 2. The Morgan fingerprint density at radius 2 is 1.89 bits per heavy atom. The molecule has 0 spiro atoms. The van der Waals surface area contributed by atoms with E-state index in [1.165, 1.54) is 7.05 Å². The molecule has 18 heavy (non-hydrogen) atoms. The molecule has 0 saturated carbocycles. The third kappa shape index (κ3) is 4.08. The van der Waals surface area contributed by atoms with E-state index < -0.39 is 7.75 Å². The zero-order valence-electron chi connectivity index (χ0n) is 11.0. The molecule has 1 aromatic carbocycles. The van der Waals surface area contributed by atoms with E-state index in [0.717, 1.165) is 10.2 Å². The van der Waals surface area contributed by atoms with Gasteiger partial charge < -0.3 is 9.79 Å². The van der Waals surface area contributed by atoms with Crippen molar-refractivity contribution in [3.63, 3.8) is 0 Å². The standard InChI is InChI=1S/C12H19ClNO3P/c1-12(2,3)10-6-5-9(11(13)7-10)8-14(4)18(15,16)17/h5-7H,8H2,1-4H3,(H2,15,16,17). The molecule has 0 aliphatic carbocycles. The molecule has 0 aromatic heterocycles. The SMILES string of the molecule is CN(Cc1ccc(C(C)(C)C)cc1Cl)P(=O)(O)O. The molecule has 0 saturated heterocycles. The first-order chi connectivity index (χ1) is 8.01. The number of nitrogens with zero attached hydrogens (tertiary/aromatic N) is 1. The van der Waals surface area contributed by atoms with Crippen molar-refractivity contribution in [2.75, 3.05) is 7.05 Å². The van der Waals surface area contributed by atoms with Crippen LogP contribution in [0.4, 0.5) is 0 Å². The fourth-order valence-electron chi connectivity index (χ4n) is 1.48. The highest BCUT2D eigenvalue weighted by Gasteiger charge is 2.22. The summed E-state index contributed by atoms with van der Waals surface area (Å²) in [6.07, 6.45) is 0. The summed E-state index contributed by atoms with van der Waals surface area (Å²) in [7, 11) is -2.84. The average molecular weight is 292 g/mol. The summed E-state index contributed by atoms with van der Waals surface area (Å²) in [6.45, 7) is 6.37. The molecule has 0 bridgehead atoms. The van der Waals surface area contributed by atoms with Crippen molar-refractivity contribution in [2.45, 2.75) is 32.7 Å². The summed E-state index contributed by atoms with van der Waals surface area (Å²) in [5, 5.41) is 0.530. The van der Waals surface area contributed by atoms with Crippen molar-refractivity contribution >= 4 is 19.3 Å². The Bertz CT molecular complexity index is 479. The summed E-state index contributed by atoms with van der Waals surface area (Å²) >= 11 is 6.15. The molecule has 102 valence electrons. The van der Waals surface area contributed by atoms with Gasteiger partial charge in [0.25, 0.3) is 0 Å². The first-order valence-electron chi connectivity index (χ1n) is 5.58. The summed E-state index contributed by atoms with van der Waals surface area (Å²) in [5.41, 5.74) is 1.79. The molecule has 0 fully saturated rings.